The van der Waals surface area contributed by atoms with Gasteiger partial charge in [-0.25, -0.2) is 0 Å². The molecule has 0 aromatic carbocycles. The summed E-state index contributed by atoms with van der Waals surface area (Å²) >= 11 is 0. The van der Waals surface area contributed by atoms with Gasteiger partial charge in [0.2, 0.25) is 0 Å². The molecule has 14 heavy (non-hydrogen) atoms. The second-order valence-corrected chi connectivity index (χ2v) is 4.09. The maximum Gasteiger partial charge on any atom is 0.00544 e. The van der Waals surface area contributed by atoms with E-state index in [1.54, 1.807) is 0 Å². The Kier molecular flexibility index (Phi) is 3.03. The second kappa shape index (κ2) is 4.45. The maximum absolute atomic E-state index is 2.38. The Morgan fingerprint density at radius 2 is 1.36 bits per heavy atom. The smallest absolute Gasteiger partial charge is 0.00544 e. The second-order valence-electron chi connectivity index (χ2n) is 4.09. The van der Waals surface area contributed by atoms with Crippen LogP contribution in [0.4, 0.5) is 0 Å². The van der Waals surface area contributed by atoms with Gasteiger partial charge < -0.3 is 0 Å². The molecule has 0 fully saturated rings. The Balaban J connectivity index is 2.10. The van der Waals surface area contributed by atoms with Crippen molar-refractivity contribution in [1.82, 2.24) is 0 Å². The third-order valence-electron chi connectivity index (χ3n) is 3.05. The van der Waals surface area contributed by atoms with Gasteiger partial charge in [0.25, 0.3) is 0 Å². The van der Waals surface area contributed by atoms with E-state index in [4.69, 9.17) is 0 Å². The van der Waals surface area contributed by atoms with Crippen LogP contribution in [0.2, 0.25) is 0 Å². The fraction of sp³-hybridized carbons (Fsp3) is 0.429. The van der Waals surface area contributed by atoms with Gasteiger partial charge in [0.05, 0.1) is 0 Å². The molecular formula is C14H18. The zero-order valence-corrected chi connectivity index (χ0v) is 8.87. The van der Waals surface area contributed by atoms with Crippen LogP contribution in [0.3, 0.4) is 0 Å². The van der Waals surface area contributed by atoms with Crippen molar-refractivity contribution in [3.63, 3.8) is 0 Å². The minimum atomic E-state index is 0.586. The van der Waals surface area contributed by atoms with Crippen LogP contribution in [0.15, 0.2) is 47.6 Å². The highest BCUT2D eigenvalue weighted by Crippen LogP contribution is 2.27. The summed E-state index contributed by atoms with van der Waals surface area (Å²) in [6.07, 6.45) is 18.8. The van der Waals surface area contributed by atoms with Crippen LogP contribution in [0, 0.1) is 5.92 Å². The monoisotopic (exact) mass is 186 g/mol. The molecule has 74 valence electrons. The molecule has 0 saturated heterocycles. The fourth-order valence-electron chi connectivity index (χ4n) is 2.10. The van der Waals surface area contributed by atoms with Gasteiger partial charge in [-0.3, -0.25) is 0 Å². The molecule has 0 heteroatoms. The van der Waals surface area contributed by atoms with Crippen molar-refractivity contribution < 1.29 is 0 Å². The molecule has 2 rings (SSSR count). The van der Waals surface area contributed by atoms with E-state index in [0.717, 1.165) is 0 Å². The van der Waals surface area contributed by atoms with Gasteiger partial charge in [-0.2, -0.15) is 0 Å². The fourth-order valence-corrected chi connectivity index (χ4v) is 2.10. The molecule has 0 bridgehead atoms. The number of hydrogen-bond donors (Lipinski definition) is 0. The predicted octanol–water partition coefficient (Wildman–Crippen LogP) is 4.18. The Hall–Kier alpha value is -1.04. The first kappa shape index (κ1) is 9.51. The van der Waals surface area contributed by atoms with Crippen LogP contribution in [0.25, 0.3) is 0 Å². The van der Waals surface area contributed by atoms with E-state index < -0.39 is 0 Å². The first-order valence-electron chi connectivity index (χ1n) is 5.61. The molecule has 0 aliphatic heterocycles. The highest BCUT2D eigenvalue weighted by Gasteiger charge is 2.11. The van der Waals surface area contributed by atoms with Gasteiger partial charge in [-0.1, -0.05) is 43.4 Å². The van der Waals surface area contributed by atoms with Crippen molar-refractivity contribution in [1.29, 1.82) is 0 Å². The largest absolute Gasteiger partial charge is 0.0839 e. The SMILES string of the molecule is CC(C1=CCCC=C1)C1=CCCC=C1. The van der Waals surface area contributed by atoms with Crippen molar-refractivity contribution in [2.75, 3.05) is 0 Å². The Bertz CT molecular complexity index is 281. The lowest BCUT2D eigenvalue weighted by atomic mass is 9.87. The lowest BCUT2D eigenvalue weighted by molar-refractivity contribution is 0.803. The molecule has 0 amide bonds. The first-order valence-corrected chi connectivity index (χ1v) is 5.61. The molecule has 0 aromatic rings. The first-order chi connectivity index (χ1) is 6.88. The molecule has 0 saturated carbocycles. The number of allylic oxidation sites excluding steroid dienone is 8. The highest BCUT2D eigenvalue weighted by atomic mass is 14.2. The van der Waals surface area contributed by atoms with E-state index in [2.05, 4.69) is 43.4 Å². The van der Waals surface area contributed by atoms with E-state index in [1.807, 2.05) is 0 Å². The number of rotatable bonds is 2. The van der Waals surface area contributed by atoms with Gasteiger partial charge >= 0.3 is 0 Å². The molecule has 0 unspecified atom stereocenters. The molecule has 0 aromatic heterocycles. The van der Waals surface area contributed by atoms with Crippen molar-refractivity contribution in [2.45, 2.75) is 32.6 Å². The van der Waals surface area contributed by atoms with Crippen LogP contribution >= 0.6 is 0 Å². The van der Waals surface area contributed by atoms with E-state index in [1.165, 1.54) is 36.8 Å². The predicted molar refractivity (Wildman–Crippen MR) is 62.1 cm³/mol. The van der Waals surface area contributed by atoms with Gasteiger partial charge in [-0.15, -0.1) is 0 Å². The summed E-state index contributed by atoms with van der Waals surface area (Å²) in [5.74, 6) is 0.586. The molecule has 2 aliphatic rings. The summed E-state index contributed by atoms with van der Waals surface area (Å²) in [6, 6.07) is 0. The van der Waals surface area contributed by atoms with Gasteiger partial charge in [0, 0.05) is 5.92 Å². The molecule has 0 N–H and O–H groups in total. The van der Waals surface area contributed by atoms with Gasteiger partial charge in [0.15, 0.2) is 0 Å². The van der Waals surface area contributed by atoms with Crippen molar-refractivity contribution in [3.05, 3.63) is 47.6 Å². The van der Waals surface area contributed by atoms with Gasteiger partial charge in [-0.05, 0) is 36.8 Å². The zero-order chi connectivity index (χ0) is 9.80. The maximum atomic E-state index is 2.38. The topological polar surface area (TPSA) is 0 Å². The highest BCUT2D eigenvalue weighted by molar-refractivity contribution is 5.36. The molecular weight excluding hydrogens is 168 g/mol. The van der Waals surface area contributed by atoms with Crippen LogP contribution in [-0.2, 0) is 0 Å². The lowest BCUT2D eigenvalue weighted by Gasteiger charge is -2.18. The zero-order valence-electron chi connectivity index (χ0n) is 8.87. The lowest BCUT2D eigenvalue weighted by Crippen LogP contribution is -2.03. The standard InChI is InChI=1S/C14H18/c1-12(13-8-4-2-5-9-13)14-10-6-3-7-11-14/h4,6,8-12H,2-3,5,7H2,1H3. The summed E-state index contributed by atoms with van der Waals surface area (Å²) in [5.41, 5.74) is 2.99. The van der Waals surface area contributed by atoms with Gasteiger partial charge in [0.1, 0.15) is 0 Å². The molecule has 0 heterocycles. The summed E-state index contributed by atoms with van der Waals surface area (Å²) in [5, 5.41) is 0. The summed E-state index contributed by atoms with van der Waals surface area (Å²) in [7, 11) is 0. The molecule has 0 atom stereocenters. The summed E-state index contributed by atoms with van der Waals surface area (Å²) in [4.78, 5) is 0. The minimum absolute atomic E-state index is 0.586. The van der Waals surface area contributed by atoms with Crippen LogP contribution in [0.5, 0.6) is 0 Å². The Labute approximate surface area is 86.7 Å². The normalized spacial score (nSPS) is 21.0. The third-order valence-corrected chi connectivity index (χ3v) is 3.05. The minimum Gasteiger partial charge on any atom is -0.0839 e. The molecule has 2 aliphatic carbocycles. The third kappa shape index (κ3) is 2.06. The number of hydrogen-bond acceptors (Lipinski definition) is 0. The average molecular weight is 186 g/mol. The molecule has 0 spiro atoms. The van der Waals surface area contributed by atoms with Crippen LogP contribution in [0.1, 0.15) is 32.6 Å². The van der Waals surface area contributed by atoms with E-state index in [-0.39, 0.29) is 0 Å². The quantitative estimate of drug-likeness (QED) is 0.607. The average Bonchev–Trinajstić information content (AvgIpc) is 2.30. The Morgan fingerprint density at radius 3 is 1.71 bits per heavy atom. The van der Waals surface area contributed by atoms with Crippen molar-refractivity contribution in [2.24, 2.45) is 5.92 Å². The van der Waals surface area contributed by atoms with Crippen molar-refractivity contribution >= 4 is 0 Å². The summed E-state index contributed by atoms with van der Waals surface area (Å²) < 4.78 is 0. The van der Waals surface area contributed by atoms with Crippen LogP contribution < -0.4 is 0 Å². The molecule has 0 nitrogen and oxygen atoms in total. The van der Waals surface area contributed by atoms with E-state index in [9.17, 15) is 0 Å². The van der Waals surface area contributed by atoms with Crippen molar-refractivity contribution in [3.8, 4) is 0 Å². The Morgan fingerprint density at radius 1 is 0.857 bits per heavy atom. The van der Waals surface area contributed by atoms with E-state index in [0.29, 0.717) is 5.92 Å². The van der Waals surface area contributed by atoms with E-state index >= 15 is 0 Å². The molecule has 0 radical (unpaired) electrons. The summed E-state index contributed by atoms with van der Waals surface area (Å²) in [6.45, 7) is 2.31. The van der Waals surface area contributed by atoms with Crippen LogP contribution in [-0.4, -0.2) is 0 Å².